The van der Waals surface area contributed by atoms with E-state index < -0.39 is 5.41 Å². The normalized spacial score (nSPS) is 14.3. The molecule has 0 N–H and O–H groups in total. The first-order valence-electron chi connectivity index (χ1n) is 24.1. The van der Waals surface area contributed by atoms with Gasteiger partial charge in [0.25, 0.3) is 0 Å². The molecule has 0 saturated carbocycles. The quantitative estimate of drug-likeness (QED) is 0.155. The second-order valence-corrected chi connectivity index (χ2v) is 19.8. The SMILES string of the molecule is CC1(C)c2ccccc2-c2ccc(-c3c4ccccc4c(-c4ccc(-c5ccc6c7c(ccc6c5)-c5ccc6ccccc6c5C75c6ccccc6-c6ccccc65)cc4)c4ccccc34)cc21. The first-order chi connectivity index (χ1) is 33.5. The van der Waals surface area contributed by atoms with Crippen LogP contribution >= 0.6 is 0 Å². The zero-order chi connectivity index (χ0) is 44.9. The topological polar surface area (TPSA) is 0 Å². The average molecular weight is 861 g/mol. The molecule has 0 amide bonds. The van der Waals surface area contributed by atoms with Gasteiger partial charge in [-0.15, -0.1) is 0 Å². The standard InChI is InChI=1S/C68H44/c1-67(2)59-24-12-9-17-49(59)52-36-34-46(40-62(52)67)64-55-22-7-5-20-53(55)63(54-21-6-8-23-56(54)64)43-29-27-41(28-30-43)44-32-35-48-45(39-44)33-38-58-57-37-31-42-15-3-4-16-47(42)65(57)68(66(48)58)60-25-13-10-18-50(60)51-19-11-14-26-61(51)68/h3-40H,1-2H3. The van der Waals surface area contributed by atoms with Crippen LogP contribution in [0.5, 0.6) is 0 Å². The molecule has 0 radical (unpaired) electrons. The van der Waals surface area contributed by atoms with E-state index in [2.05, 4.69) is 244 Å². The maximum absolute atomic E-state index is 2.47. The second kappa shape index (κ2) is 13.6. The van der Waals surface area contributed by atoms with E-state index in [9.17, 15) is 0 Å². The Balaban J connectivity index is 0.873. The Morgan fingerprint density at radius 3 is 1.28 bits per heavy atom. The molecular formula is C68H44. The van der Waals surface area contributed by atoms with Gasteiger partial charge in [-0.2, -0.15) is 0 Å². The highest BCUT2D eigenvalue weighted by molar-refractivity contribution is 6.21. The molecule has 0 saturated heterocycles. The third-order valence-corrected chi connectivity index (χ3v) is 16.3. The highest BCUT2D eigenvalue weighted by Crippen LogP contribution is 2.65. The summed E-state index contributed by atoms with van der Waals surface area (Å²) in [7, 11) is 0. The summed E-state index contributed by atoms with van der Waals surface area (Å²) in [5.41, 5.74) is 23.4. The molecule has 0 atom stereocenters. The zero-order valence-corrected chi connectivity index (χ0v) is 37.9. The molecule has 1 spiro atoms. The van der Waals surface area contributed by atoms with Gasteiger partial charge < -0.3 is 0 Å². The Morgan fingerprint density at radius 2 is 0.662 bits per heavy atom. The number of benzene rings is 12. The minimum atomic E-state index is -0.439. The fourth-order valence-corrected chi connectivity index (χ4v) is 13.4. The van der Waals surface area contributed by atoms with Crippen molar-refractivity contribution >= 4 is 43.1 Å². The van der Waals surface area contributed by atoms with Crippen LogP contribution in [-0.4, -0.2) is 0 Å². The first-order valence-corrected chi connectivity index (χ1v) is 24.1. The summed E-state index contributed by atoms with van der Waals surface area (Å²) in [6.45, 7) is 4.75. The van der Waals surface area contributed by atoms with Crippen LogP contribution in [-0.2, 0) is 10.8 Å². The van der Waals surface area contributed by atoms with E-state index in [1.165, 1.54) is 143 Å². The molecular weight excluding hydrogens is 817 g/mol. The van der Waals surface area contributed by atoms with Gasteiger partial charge in [0.2, 0.25) is 0 Å². The summed E-state index contributed by atoms with van der Waals surface area (Å²) in [6, 6.07) is 87.4. The molecule has 0 heteroatoms. The Morgan fingerprint density at radius 1 is 0.250 bits per heavy atom. The molecule has 0 fully saturated rings. The Kier molecular flexibility index (Phi) is 7.59. The minimum Gasteiger partial charge on any atom is -0.0619 e. The van der Waals surface area contributed by atoms with Gasteiger partial charge in [0.1, 0.15) is 0 Å². The van der Waals surface area contributed by atoms with E-state index in [1.54, 1.807) is 0 Å². The van der Waals surface area contributed by atoms with Crippen molar-refractivity contribution in [2.75, 3.05) is 0 Å². The van der Waals surface area contributed by atoms with Crippen LogP contribution in [0.1, 0.15) is 47.2 Å². The van der Waals surface area contributed by atoms with Gasteiger partial charge in [-0.05, 0) is 155 Å². The molecule has 0 heterocycles. The van der Waals surface area contributed by atoms with Crippen molar-refractivity contribution in [1.82, 2.24) is 0 Å². The van der Waals surface area contributed by atoms with Crippen molar-refractivity contribution < 1.29 is 0 Å². The Labute approximate surface area is 396 Å². The third kappa shape index (κ3) is 4.84. The summed E-state index contributed by atoms with van der Waals surface area (Å²) in [4.78, 5) is 0. The van der Waals surface area contributed by atoms with Crippen molar-refractivity contribution in [2.24, 2.45) is 0 Å². The second-order valence-electron chi connectivity index (χ2n) is 19.8. The zero-order valence-electron chi connectivity index (χ0n) is 37.9. The van der Waals surface area contributed by atoms with Gasteiger partial charge in [0.05, 0.1) is 5.41 Å². The molecule has 0 bridgehead atoms. The number of hydrogen-bond acceptors (Lipinski definition) is 0. The summed E-state index contributed by atoms with van der Waals surface area (Å²) in [5.74, 6) is 0. The van der Waals surface area contributed by atoms with Crippen LogP contribution in [0.25, 0.3) is 110 Å². The van der Waals surface area contributed by atoms with Crippen molar-refractivity contribution in [3.05, 3.63) is 264 Å². The van der Waals surface area contributed by atoms with Gasteiger partial charge in [0.15, 0.2) is 0 Å². The molecule has 0 aromatic heterocycles. The van der Waals surface area contributed by atoms with Crippen LogP contribution in [0.3, 0.4) is 0 Å². The minimum absolute atomic E-state index is 0.0713. The predicted octanol–water partition coefficient (Wildman–Crippen LogP) is 18.0. The van der Waals surface area contributed by atoms with Gasteiger partial charge in [-0.25, -0.2) is 0 Å². The molecule has 12 aromatic carbocycles. The lowest BCUT2D eigenvalue weighted by molar-refractivity contribution is 0.660. The van der Waals surface area contributed by atoms with Crippen LogP contribution in [0, 0.1) is 0 Å². The van der Waals surface area contributed by atoms with E-state index in [1.807, 2.05) is 0 Å². The Bertz CT molecular complexity index is 4060. The van der Waals surface area contributed by atoms with Crippen LogP contribution in [0.4, 0.5) is 0 Å². The monoisotopic (exact) mass is 860 g/mol. The van der Waals surface area contributed by atoms with Gasteiger partial charge in [-0.1, -0.05) is 232 Å². The lowest BCUT2D eigenvalue weighted by atomic mass is 9.68. The first kappa shape index (κ1) is 37.9. The number of fused-ring (bicyclic) bond motifs is 19. The van der Waals surface area contributed by atoms with Gasteiger partial charge in [0, 0.05) is 5.41 Å². The van der Waals surface area contributed by atoms with E-state index in [0.717, 1.165) is 0 Å². The smallest absolute Gasteiger partial charge is 0.0619 e. The molecule has 68 heavy (non-hydrogen) atoms. The maximum Gasteiger partial charge on any atom is 0.0737 e. The average Bonchev–Trinajstić information content (AvgIpc) is 3.96. The highest BCUT2D eigenvalue weighted by atomic mass is 14.5. The predicted molar refractivity (Wildman–Crippen MR) is 287 cm³/mol. The van der Waals surface area contributed by atoms with Crippen molar-refractivity contribution in [3.8, 4) is 66.8 Å². The molecule has 0 nitrogen and oxygen atoms in total. The number of rotatable bonds is 3. The van der Waals surface area contributed by atoms with Crippen molar-refractivity contribution in [2.45, 2.75) is 24.7 Å². The lowest BCUT2D eigenvalue weighted by Gasteiger charge is -2.32. The highest BCUT2D eigenvalue weighted by Gasteiger charge is 2.53. The molecule has 316 valence electrons. The van der Waals surface area contributed by atoms with Gasteiger partial charge in [-0.3, -0.25) is 0 Å². The summed E-state index contributed by atoms with van der Waals surface area (Å²) in [5, 5.41) is 10.3. The molecule has 12 aromatic rings. The molecule has 15 rings (SSSR count). The third-order valence-electron chi connectivity index (χ3n) is 16.3. The van der Waals surface area contributed by atoms with Crippen LogP contribution in [0.15, 0.2) is 231 Å². The van der Waals surface area contributed by atoms with E-state index in [0.29, 0.717) is 0 Å². The molecule has 0 aliphatic heterocycles. The fraction of sp³-hybridized carbons (Fsp3) is 0.0588. The largest absolute Gasteiger partial charge is 0.0737 e. The fourth-order valence-electron chi connectivity index (χ4n) is 13.4. The van der Waals surface area contributed by atoms with Crippen molar-refractivity contribution in [1.29, 1.82) is 0 Å². The van der Waals surface area contributed by atoms with E-state index in [4.69, 9.17) is 0 Å². The number of hydrogen-bond donors (Lipinski definition) is 0. The van der Waals surface area contributed by atoms with E-state index >= 15 is 0 Å². The van der Waals surface area contributed by atoms with E-state index in [-0.39, 0.29) is 5.41 Å². The summed E-state index contributed by atoms with van der Waals surface area (Å²) >= 11 is 0. The molecule has 3 aliphatic rings. The van der Waals surface area contributed by atoms with Gasteiger partial charge >= 0.3 is 0 Å². The van der Waals surface area contributed by atoms with Crippen LogP contribution in [0.2, 0.25) is 0 Å². The molecule has 3 aliphatic carbocycles. The van der Waals surface area contributed by atoms with Crippen molar-refractivity contribution in [3.63, 3.8) is 0 Å². The lowest BCUT2D eigenvalue weighted by Crippen LogP contribution is -2.26. The summed E-state index contributed by atoms with van der Waals surface area (Å²) < 4.78 is 0. The Hall–Kier alpha value is -8.32. The van der Waals surface area contributed by atoms with Crippen LogP contribution < -0.4 is 0 Å². The maximum atomic E-state index is 2.47. The molecule has 0 unspecified atom stereocenters. The summed E-state index contributed by atoms with van der Waals surface area (Å²) in [6.07, 6.45) is 0.